The van der Waals surface area contributed by atoms with Crippen molar-refractivity contribution in [2.45, 2.75) is 0 Å². The molecule has 1 heterocycles. The predicted molar refractivity (Wildman–Crippen MR) is 51.2 cm³/mol. The van der Waals surface area contributed by atoms with Crippen LogP contribution in [0.4, 0.5) is 10.7 Å². The average molecular weight is 205 g/mol. The van der Waals surface area contributed by atoms with Gasteiger partial charge in [-0.2, -0.15) is 0 Å². The molecule has 1 aromatic carbocycles. The number of rotatable bonds is 2. The zero-order chi connectivity index (χ0) is 10.7. The number of anilines is 1. The molecule has 0 atom stereocenters. The van der Waals surface area contributed by atoms with Crippen LogP contribution in [0, 0.1) is 0 Å². The lowest BCUT2D eigenvalue weighted by molar-refractivity contribution is -0.670. The van der Waals surface area contributed by atoms with Crippen LogP contribution in [0.5, 0.6) is 0 Å². The minimum atomic E-state index is -0.689. The molecule has 6 nitrogen and oxygen atoms in total. The van der Waals surface area contributed by atoms with Gasteiger partial charge in [0.15, 0.2) is 0 Å². The summed E-state index contributed by atoms with van der Waals surface area (Å²) in [6.07, 6.45) is 1.53. The van der Waals surface area contributed by atoms with Crippen LogP contribution < -0.4 is 15.7 Å². The molecule has 0 bridgehead atoms. The molecule has 2 aromatic rings. The van der Waals surface area contributed by atoms with Gasteiger partial charge in [0, 0.05) is 12.1 Å². The maximum atomic E-state index is 10.5. The fraction of sp³-hybridized carbons (Fsp3) is 0. The fourth-order valence-corrected chi connectivity index (χ4v) is 1.13. The zero-order valence-corrected chi connectivity index (χ0v) is 7.75. The van der Waals surface area contributed by atoms with Crippen molar-refractivity contribution in [1.29, 1.82) is 0 Å². The summed E-state index contributed by atoms with van der Waals surface area (Å²) < 4.78 is 6.32. The quantitative estimate of drug-likeness (QED) is 0.697. The molecule has 15 heavy (non-hydrogen) atoms. The molecule has 3 N–H and O–H groups in total. The molecule has 0 fully saturated rings. The Morgan fingerprint density at radius 2 is 2.13 bits per heavy atom. The topological polar surface area (TPSA) is 85.0 Å². The lowest BCUT2D eigenvalue weighted by atomic mass is 10.3. The van der Waals surface area contributed by atoms with E-state index in [0.717, 1.165) is 5.69 Å². The number of benzene rings is 1. The van der Waals surface area contributed by atoms with Crippen LogP contribution in [0.3, 0.4) is 0 Å². The van der Waals surface area contributed by atoms with Crippen LogP contribution in [0.1, 0.15) is 0 Å². The van der Waals surface area contributed by atoms with Gasteiger partial charge < -0.3 is 5.73 Å². The van der Waals surface area contributed by atoms with Gasteiger partial charge in [-0.1, -0.05) is 18.2 Å². The van der Waals surface area contributed by atoms with Crippen LogP contribution in [0.15, 0.2) is 41.1 Å². The molecule has 0 spiro atoms. The van der Waals surface area contributed by atoms with Crippen molar-refractivity contribution in [2.75, 3.05) is 5.32 Å². The highest BCUT2D eigenvalue weighted by Gasteiger charge is 2.14. The Balaban J connectivity index is 2.24. The van der Waals surface area contributed by atoms with Crippen molar-refractivity contribution in [3.8, 4) is 5.69 Å². The van der Waals surface area contributed by atoms with Crippen LogP contribution in [0.2, 0.25) is 0 Å². The summed E-state index contributed by atoms with van der Waals surface area (Å²) >= 11 is 0. The zero-order valence-electron chi connectivity index (χ0n) is 7.75. The summed E-state index contributed by atoms with van der Waals surface area (Å²) in [6.45, 7) is 0. The third-order valence-corrected chi connectivity index (χ3v) is 1.73. The Bertz CT molecular complexity index is 466. The van der Waals surface area contributed by atoms with E-state index in [4.69, 9.17) is 10.3 Å². The maximum absolute atomic E-state index is 10.5. The first-order valence-corrected chi connectivity index (χ1v) is 4.26. The molecule has 0 aliphatic heterocycles. The van der Waals surface area contributed by atoms with E-state index < -0.39 is 6.03 Å². The molecule has 6 heteroatoms. The molecule has 2 amide bonds. The number of amides is 2. The molecule has 1 aromatic heterocycles. The molecule has 0 aliphatic rings. The Hall–Kier alpha value is -2.37. The minimum absolute atomic E-state index is 0.200. The second-order valence-corrected chi connectivity index (χ2v) is 2.84. The number of nitrogens with two attached hydrogens (primary N) is 1. The molecule has 0 saturated carbocycles. The molecular formula is C9H9N4O2+. The molecule has 0 aliphatic carbocycles. The van der Waals surface area contributed by atoms with Gasteiger partial charge in [0.2, 0.25) is 11.0 Å². The molecular weight excluding hydrogens is 196 g/mol. The van der Waals surface area contributed by atoms with Crippen LogP contribution in [-0.2, 0) is 0 Å². The first kappa shape index (κ1) is 9.20. The van der Waals surface area contributed by atoms with E-state index in [1.54, 1.807) is 0 Å². The number of primary amides is 1. The standard InChI is InChI=1S/C9H8N4O2/c10-9(14)11-8-6-13(12-15-8)7-4-2-1-3-5-7/h1-6H,(H2-,10,11,12,14)/p+1. The number of hydrogen-bond donors (Lipinski definition) is 2. The van der Waals surface area contributed by atoms with Gasteiger partial charge in [0.25, 0.3) is 6.20 Å². The van der Waals surface area contributed by atoms with E-state index in [2.05, 4.69) is 10.6 Å². The molecule has 0 radical (unpaired) electrons. The number of para-hydroxylation sites is 1. The monoisotopic (exact) mass is 205 g/mol. The Morgan fingerprint density at radius 1 is 1.40 bits per heavy atom. The lowest BCUT2D eigenvalue weighted by Crippen LogP contribution is -2.31. The second-order valence-electron chi connectivity index (χ2n) is 2.84. The molecule has 0 unspecified atom stereocenters. The van der Waals surface area contributed by atoms with Gasteiger partial charge in [-0.05, 0) is 4.68 Å². The van der Waals surface area contributed by atoms with E-state index in [1.165, 1.54) is 10.9 Å². The van der Waals surface area contributed by atoms with Gasteiger partial charge in [-0.25, -0.2) is 4.79 Å². The van der Waals surface area contributed by atoms with Gasteiger partial charge in [0.1, 0.15) is 0 Å². The van der Waals surface area contributed by atoms with Crippen molar-refractivity contribution in [3.05, 3.63) is 36.5 Å². The summed E-state index contributed by atoms with van der Waals surface area (Å²) in [5, 5.41) is 5.99. The summed E-state index contributed by atoms with van der Waals surface area (Å²) in [5.74, 6) is 0.200. The fourth-order valence-electron chi connectivity index (χ4n) is 1.13. The van der Waals surface area contributed by atoms with E-state index in [-0.39, 0.29) is 5.88 Å². The van der Waals surface area contributed by atoms with Crippen molar-refractivity contribution >= 4 is 11.9 Å². The first-order chi connectivity index (χ1) is 7.25. The second kappa shape index (κ2) is 3.79. The van der Waals surface area contributed by atoms with Gasteiger partial charge in [-0.3, -0.25) is 9.84 Å². The lowest BCUT2D eigenvalue weighted by Gasteiger charge is -1.87. The van der Waals surface area contributed by atoms with Gasteiger partial charge >= 0.3 is 11.9 Å². The molecule has 76 valence electrons. The number of nitrogens with one attached hydrogen (secondary N) is 1. The highest BCUT2D eigenvalue weighted by Crippen LogP contribution is 2.03. The Morgan fingerprint density at radius 3 is 2.80 bits per heavy atom. The van der Waals surface area contributed by atoms with E-state index in [0.29, 0.717) is 0 Å². The average Bonchev–Trinajstić information content (AvgIpc) is 2.67. The third-order valence-electron chi connectivity index (χ3n) is 1.73. The Kier molecular flexibility index (Phi) is 2.32. The number of hydrogen-bond acceptors (Lipinski definition) is 3. The predicted octanol–water partition coefficient (Wildman–Crippen LogP) is 0.442. The normalized spacial score (nSPS) is 9.87. The number of carbonyl (C=O) groups is 1. The smallest absolute Gasteiger partial charge is 0.319 e. The highest BCUT2D eigenvalue weighted by atomic mass is 16.5. The van der Waals surface area contributed by atoms with Crippen LogP contribution in [-0.4, -0.2) is 11.3 Å². The van der Waals surface area contributed by atoms with Crippen molar-refractivity contribution < 1.29 is 14.0 Å². The number of carbonyl (C=O) groups excluding carboxylic acids is 1. The SMILES string of the molecule is NC(=O)Nc1c[n+](-c2ccccc2)no1. The van der Waals surface area contributed by atoms with Crippen LogP contribution >= 0.6 is 0 Å². The maximum Gasteiger partial charge on any atom is 0.319 e. The molecule has 2 rings (SSSR count). The minimum Gasteiger partial charge on any atom is -0.351 e. The number of aromatic nitrogens is 2. The third kappa shape index (κ3) is 2.11. The molecule has 0 saturated heterocycles. The summed E-state index contributed by atoms with van der Waals surface area (Å²) in [4.78, 5) is 10.5. The van der Waals surface area contributed by atoms with E-state index >= 15 is 0 Å². The number of nitrogens with zero attached hydrogens (tertiary/aromatic N) is 2. The van der Waals surface area contributed by atoms with Gasteiger partial charge in [0.05, 0.1) is 0 Å². The largest absolute Gasteiger partial charge is 0.351 e. The van der Waals surface area contributed by atoms with E-state index in [9.17, 15) is 4.79 Å². The van der Waals surface area contributed by atoms with E-state index in [1.807, 2.05) is 30.3 Å². The Labute approximate surface area is 85.3 Å². The van der Waals surface area contributed by atoms with Crippen LogP contribution in [0.25, 0.3) is 5.69 Å². The van der Waals surface area contributed by atoms with Gasteiger partial charge in [-0.15, -0.1) is 0 Å². The van der Waals surface area contributed by atoms with Crippen molar-refractivity contribution in [2.24, 2.45) is 5.73 Å². The first-order valence-electron chi connectivity index (χ1n) is 4.26. The summed E-state index contributed by atoms with van der Waals surface area (Å²) in [7, 11) is 0. The highest BCUT2D eigenvalue weighted by molar-refractivity contribution is 5.85. The summed E-state index contributed by atoms with van der Waals surface area (Å²) in [5.41, 5.74) is 5.76. The van der Waals surface area contributed by atoms with Crippen molar-refractivity contribution in [1.82, 2.24) is 5.27 Å². The summed E-state index contributed by atoms with van der Waals surface area (Å²) in [6, 6.07) is 8.67. The number of urea groups is 1. The van der Waals surface area contributed by atoms with Crippen molar-refractivity contribution in [3.63, 3.8) is 0 Å².